The highest BCUT2D eigenvalue weighted by Gasteiger charge is 2.22. The van der Waals surface area contributed by atoms with Gasteiger partial charge in [0.25, 0.3) is 7.82 Å². The fourth-order valence-corrected chi connectivity index (χ4v) is 6.07. The van der Waals surface area contributed by atoms with Gasteiger partial charge in [0.05, 0.1) is 33.9 Å². The Labute approximate surface area is 329 Å². The molecule has 314 valence electrons. The van der Waals surface area contributed by atoms with E-state index in [1.807, 2.05) is 33.3 Å². The van der Waals surface area contributed by atoms with Crippen molar-refractivity contribution in [2.75, 3.05) is 47.5 Å². The van der Waals surface area contributed by atoms with Gasteiger partial charge in [-0.1, -0.05) is 146 Å². The van der Waals surface area contributed by atoms with Crippen molar-refractivity contribution in [3.63, 3.8) is 0 Å². The number of rotatable bonds is 37. The smallest absolute Gasteiger partial charge is 0.306 e. The molecule has 54 heavy (non-hydrogen) atoms. The lowest BCUT2D eigenvalue weighted by Crippen LogP contribution is -2.37. The molecular weight excluding hydrogens is 705 g/mol. The third-order valence-electron chi connectivity index (χ3n) is 8.71. The lowest BCUT2D eigenvalue weighted by atomic mass is 10.0. The van der Waals surface area contributed by atoms with Gasteiger partial charge in [0.2, 0.25) is 0 Å². The van der Waals surface area contributed by atoms with Crippen LogP contribution in [0, 0.1) is 0 Å². The molecule has 0 aliphatic heterocycles. The number of phosphoric ester groups is 1. The van der Waals surface area contributed by atoms with Crippen LogP contribution in [0.1, 0.15) is 155 Å². The van der Waals surface area contributed by atoms with Crippen LogP contribution >= 0.6 is 7.82 Å². The number of likely N-dealkylation sites (N-methyl/N-ethyl adjacent to an activating group) is 1. The molecule has 0 bridgehead atoms. The predicted octanol–water partition coefficient (Wildman–Crippen LogP) is 9.86. The molecule has 0 aromatic heterocycles. The second-order valence-corrected chi connectivity index (χ2v) is 16.6. The number of quaternary nitrogens is 1. The Bertz CT molecular complexity index is 1080. The third-order valence-corrected chi connectivity index (χ3v) is 9.67. The van der Waals surface area contributed by atoms with Crippen LogP contribution in [0.15, 0.2) is 48.6 Å². The monoisotopic (exact) mass is 784 g/mol. The Balaban J connectivity index is 4.61. The van der Waals surface area contributed by atoms with Crippen LogP contribution in [-0.4, -0.2) is 81.2 Å². The maximum absolute atomic E-state index is 12.6. The molecule has 0 aromatic rings. The van der Waals surface area contributed by atoms with E-state index in [-0.39, 0.29) is 26.1 Å². The van der Waals surface area contributed by atoms with Gasteiger partial charge >= 0.3 is 11.9 Å². The van der Waals surface area contributed by atoms with Crippen LogP contribution in [-0.2, 0) is 32.7 Å². The van der Waals surface area contributed by atoms with Gasteiger partial charge in [-0.25, -0.2) is 0 Å². The number of allylic oxidation sites excluding steroid dienone is 7. The number of carbonyl (C=O) groups is 2. The second kappa shape index (κ2) is 35.4. The van der Waals surface area contributed by atoms with Crippen molar-refractivity contribution in [1.82, 2.24) is 0 Å². The van der Waals surface area contributed by atoms with Crippen LogP contribution in [0.5, 0.6) is 0 Å². The van der Waals surface area contributed by atoms with Gasteiger partial charge in [-0.2, -0.15) is 0 Å². The normalized spacial score (nSPS) is 14.7. The van der Waals surface area contributed by atoms with Gasteiger partial charge < -0.3 is 33.0 Å². The summed E-state index contributed by atoms with van der Waals surface area (Å²) in [4.78, 5) is 37.4. The number of hydrogen-bond donors (Lipinski definition) is 1. The van der Waals surface area contributed by atoms with Crippen molar-refractivity contribution < 1.29 is 47.2 Å². The highest BCUT2D eigenvalue weighted by atomic mass is 31.2. The third kappa shape index (κ3) is 38.2. The van der Waals surface area contributed by atoms with Crippen molar-refractivity contribution in [3.05, 3.63) is 48.6 Å². The van der Waals surface area contributed by atoms with Crippen molar-refractivity contribution in [2.45, 2.75) is 167 Å². The van der Waals surface area contributed by atoms with E-state index >= 15 is 0 Å². The highest BCUT2D eigenvalue weighted by Crippen LogP contribution is 2.38. The number of nitrogens with zero attached hydrogens (tertiary/aromatic N) is 1. The molecule has 0 spiro atoms. The van der Waals surface area contributed by atoms with Crippen LogP contribution in [0.25, 0.3) is 0 Å². The van der Waals surface area contributed by atoms with Crippen molar-refractivity contribution >= 4 is 19.8 Å². The molecule has 0 fully saturated rings. The Morgan fingerprint density at radius 1 is 0.685 bits per heavy atom. The Morgan fingerprint density at radius 2 is 1.24 bits per heavy atom. The van der Waals surface area contributed by atoms with E-state index in [9.17, 15) is 24.2 Å². The molecule has 3 atom stereocenters. The maximum Gasteiger partial charge on any atom is 0.306 e. The molecule has 0 saturated carbocycles. The van der Waals surface area contributed by atoms with Gasteiger partial charge in [-0.05, 0) is 44.9 Å². The minimum absolute atomic E-state index is 0.00305. The quantitative estimate of drug-likeness (QED) is 0.0163. The molecule has 0 saturated heterocycles. The summed E-state index contributed by atoms with van der Waals surface area (Å²) in [5, 5.41) is 10.3. The molecule has 1 N–H and O–H groups in total. The number of unbranched alkanes of at least 4 members (excludes halogenated alkanes) is 14. The first-order valence-electron chi connectivity index (χ1n) is 21.0. The number of ether oxygens (including phenoxy) is 2. The Hall–Kier alpha value is -2.07. The van der Waals surface area contributed by atoms with E-state index in [0.717, 1.165) is 38.5 Å². The number of aliphatic hydroxyl groups excluding tert-OH is 1. The van der Waals surface area contributed by atoms with Gasteiger partial charge in [0.1, 0.15) is 19.8 Å². The van der Waals surface area contributed by atoms with Gasteiger partial charge in [0, 0.05) is 12.8 Å². The van der Waals surface area contributed by atoms with Crippen LogP contribution in [0.2, 0.25) is 0 Å². The fraction of sp³-hybridized carbons (Fsp3) is 0.767. The summed E-state index contributed by atoms with van der Waals surface area (Å²) in [5.41, 5.74) is 0. The molecule has 0 radical (unpaired) electrons. The first-order valence-corrected chi connectivity index (χ1v) is 22.4. The van der Waals surface area contributed by atoms with E-state index in [1.165, 1.54) is 70.6 Å². The largest absolute Gasteiger partial charge is 0.756 e. The molecule has 1 unspecified atom stereocenters. The second-order valence-electron chi connectivity index (χ2n) is 15.2. The minimum Gasteiger partial charge on any atom is -0.756 e. The van der Waals surface area contributed by atoms with E-state index in [4.69, 9.17) is 18.5 Å². The molecule has 10 nitrogen and oxygen atoms in total. The van der Waals surface area contributed by atoms with E-state index in [2.05, 4.69) is 38.2 Å². The van der Waals surface area contributed by atoms with Crippen LogP contribution in [0.4, 0.5) is 0 Å². The first kappa shape index (κ1) is 51.9. The average molecular weight is 784 g/mol. The van der Waals surface area contributed by atoms with Crippen LogP contribution < -0.4 is 4.89 Å². The molecule has 0 aliphatic rings. The summed E-state index contributed by atoms with van der Waals surface area (Å²) in [7, 11) is 1.04. The van der Waals surface area contributed by atoms with E-state index in [1.54, 1.807) is 12.2 Å². The summed E-state index contributed by atoms with van der Waals surface area (Å²) in [6.07, 6.45) is 36.0. The van der Waals surface area contributed by atoms with Crippen molar-refractivity contribution in [3.8, 4) is 0 Å². The summed E-state index contributed by atoms with van der Waals surface area (Å²) >= 11 is 0. The maximum atomic E-state index is 12.6. The van der Waals surface area contributed by atoms with E-state index < -0.39 is 38.6 Å². The number of carbonyl (C=O) groups excluding carboxylic acids is 2. The molecule has 0 aromatic carbocycles. The Morgan fingerprint density at radius 3 is 1.87 bits per heavy atom. The summed E-state index contributed by atoms with van der Waals surface area (Å²) < 4.78 is 33.6. The Kier molecular flexibility index (Phi) is 34.0. The molecule has 11 heteroatoms. The molecule has 0 amide bonds. The fourth-order valence-electron chi connectivity index (χ4n) is 5.34. The summed E-state index contributed by atoms with van der Waals surface area (Å²) in [6, 6.07) is 0. The lowest BCUT2D eigenvalue weighted by molar-refractivity contribution is -0.870. The van der Waals surface area contributed by atoms with Gasteiger partial charge in [-0.3, -0.25) is 14.2 Å². The number of hydrogen-bond acceptors (Lipinski definition) is 9. The zero-order valence-corrected chi connectivity index (χ0v) is 35.7. The minimum atomic E-state index is -4.67. The van der Waals surface area contributed by atoms with Gasteiger partial charge in [0.15, 0.2) is 6.10 Å². The SMILES string of the molecule is CCCCC/C=C\C/C=C\C/C=C\C=C\[C@H](O)CCCC(=O)O[C@H](COC(=O)CCCCCCCCCCCCCC)COP(=O)([O-])OCC[N+](C)(C)C. The zero-order valence-electron chi connectivity index (χ0n) is 34.8. The molecular formula is C43H78NO9P. The number of esters is 2. The molecule has 0 aliphatic carbocycles. The number of phosphoric acid groups is 1. The molecule has 0 rings (SSSR count). The van der Waals surface area contributed by atoms with E-state index in [0.29, 0.717) is 30.3 Å². The molecule has 0 heterocycles. The number of aliphatic hydroxyl groups is 1. The van der Waals surface area contributed by atoms with Gasteiger partial charge in [-0.15, -0.1) is 0 Å². The van der Waals surface area contributed by atoms with Crippen molar-refractivity contribution in [1.29, 1.82) is 0 Å². The van der Waals surface area contributed by atoms with Crippen molar-refractivity contribution in [2.24, 2.45) is 0 Å². The summed E-state index contributed by atoms with van der Waals surface area (Å²) in [6.45, 7) is 3.95. The summed E-state index contributed by atoms with van der Waals surface area (Å²) in [5.74, 6) is -1.04. The highest BCUT2D eigenvalue weighted by molar-refractivity contribution is 7.45. The lowest BCUT2D eigenvalue weighted by Gasteiger charge is -2.28. The topological polar surface area (TPSA) is 131 Å². The zero-order chi connectivity index (χ0) is 40.2. The average Bonchev–Trinajstić information content (AvgIpc) is 3.11. The van der Waals surface area contributed by atoms with Crippen LogP contribution in [0.3, 0.4) is 0 Å². The first-order chi connectivity index (χ1) is 25.9. The predicted molar refractivity (Wildman–Crippen MR) is 219 cm³/mol. The standard InChI is InChI=1S/C43H78NO9P/c1-6-8-10-12-14-16-18-20-21-23-25-27-29-32-40(45)33-31-35-43(47)53-41(39-52-54(48,49)51-37-36-44(3,4)5)38-50-42(46)34-30-28-26-24-22-19-17-15-13-11-9-7-2/h14,16,20-21,25,27,29,32,40-41,45H,6-13,15,17-19,22-24,26,28,30-31,33-39H2,1-5H3/b16-14-,21-20-,27-25-,32-29+/t40-,41+/m0/s1.